The third-order valence-electron chi connectivity index (χ3n) is 4.19. The largest absolute Gasteiger partial charge is 0.496 e. The van der Waals surface area contributed by atoms with Gasteiger partial charge in [0, 0.05) is 18.2 Å². The molecule has 0 spiro atoms. The fourth-order valence-corrected chi connectivity index (χ4v) is 2.47. The van der Waals surface area contributed by atoms with Crippen LogP contribution in [0, 0.1) is 0 Å². The maximum Gasteiger partial charge on any atom is 0.260 e. The van der Waals surface area contributed by atoms with Crippen molar-refractivity contribution in [2.45, 2.75) is 19.9 Å². The van der Waals surface area contributed by atoms with Crippen LogP contribution in [-0.2, 0) is 4.79 Å². The third-order valence-corrected chi connectivity index (χ3v) is 4.19. The Labute approximate surface area is 148 Å². The van der Waals surface area contributed by atoms with Gasteiger partial charge in [-0.15, -0.1) is 0 Å². The number of hydrogen-bond acceptors (Lipinski definition) is 4. The van der Waals surface area contributed by atoms with E-state index in [-0.39, 0.29) is 24.3 Å². The highest BCUT2D eigenvalue weighted by atomic mass is 16.5. The molecule has 0 aromatic heterocycles. The van der Waals surface area contributed by atoms with Crippen LogP contribution in [0.2, 0.25) is 0 Å². The molecule has 0 N–H and O–H groups in total. The van der Waals surface area contributed by atoms with Crippen molar-refractivity contribution in [3.8, 4) is 11.5 Å². The number of nitrogens with zero attached hydrogens (tertiary/aromatic N) is 1. The van der Waals surface area contributed by atoms with Gasteiger partial charge in [0.2, 0.25) is 0 Å². The van der Waals surface area contributed by atoms with Crippen molar-refractivity contribution in [2.24, 2.45) is 0 Å². The number of methoxy groups -OCH3 is 1. The molecule has 1 amide bonds. The monoisotopic (exact) mass is 341 g/mol. The summed E-state index contributed by atoms with van der Waals surface area (Å²) in [7, 11) is 3.35. The van der Waals surface area contributed by atoms with Crippen molar-refractivity contribution in [1.82, 2.24) is 4.90 Å². The van der Waals surface area contributed by atoms with E-state index in [9.17, 15) is 9.59 Å². The van der Waals surface area contributed by atoms with E-state index in [1.807, 2.05) is 31.2 Å². The number of ketones is 1. The lowest BCUT2D eigenvalue weighted by Crippen LogP contribution is -2.33. The van der Waals surface area contributed by atoms with Gasteiger partial charge in [-0.3, -0.25) is 9.59 Å². The quantitative estimate of drug-likeness (QED) is 0.723. The number of Topliss-reactive ketones (excluding diaryl/α,β-unsaturated/α-hetero) is 1. The maximum atomic E-state index is 12.4. The highest BCUT2D eigenvalue weighted by Gasteiger charge is 2.20. The van der Waals surface area contributed by atoms with Crippen molar-refractivity contribution >= 4 is 11.7 Å². The lowest BCUT2D eigenvalue weighted by Gasteiger charge is -2.26. The van der Waals surface area contributed by atoms with E-state index in [4.69, 9.17) is 9.47 Å². The van der Waals surface area contributed by atoms with Crippen LogP contribution in [0.15, 0.2) is 48.5 Å². The number of amides is 1. The smallest absolute Gasteiger partial charge is 0.260 e. The van der Waals surface area contributed by atoms with Crippen LogP contribution in [-0.4, -0.2) is 37.4 Å². The summed E-state index contributed by atoms with van der Waals surface area (Å²) in [6.07, 6.45) is 0. The maximum absolute atomic E-state index is 12.4. The van der Waals surface area contributed by atoms with E-state index < -0.39 is 0 Å². The number of rotatable bonds is 7. The zero-order valence-corrected chi connectivity index (χ0v) is 15.0. The Morgan fingerprint density at radius 3 is 2.32 bits per heavy atom. The van der Waals surface area contributed by atoms with Gasteiger partial charge < -0.3 is 14.4 Å². The lowest BCUT2D eigenvalue weighted by atomic mass is 10.1. The molecule has 0 bridgehead atoms. The van der Waals surface area contributed by atoms with Crippen molar-refractivity contribution in [3.63, 3.8) is 0 Å². The van der Waals surface area contributed by atoms with Crippen LogP contribution in [0.25, 0.3) is 0 Å². The molecule has 0 saturated heterocycles. The molecule has 25 heavy (non-hydrogen) atoms. The average molecular weight is 341 g/mol. The van der Waals surface area contributed by atoms with Gasteiger partial charge in [-0.1, -0.05) is 18.2 Å². The van der Waals surface area contributed by atoms with Crippen LogP contribution in [0.3, 0.4) is 0 Å². The first-order valence-electron chi connectivity index (χ1n) is 8.06. The summed E-state index contributed by atoms with van der Waals surface area (Å²) in [5.41, 5.74) is 1.55. The van der Waals surface area contributed by atoms with Gasteiger partial charge in [-0.05, 0) is 44.2 Å². The van der Waals surface area contributed by atoms with Gasteiger partial charge in [0.05, 0.1) is 13.2 Å². The van der Waals surface area contributed by atoms with Crippen LogP contribution in [0.1, 0.15) is 35.8 Å². The minimum atomic E-state index is -0.146. The fraction of sp³-hybridized carbons (Fsp3) is 0.300. The minimum absolute atomic E-state index is 0.00649. The molecule has 1 atom stereocenters. The first-order chi connectivity index (χ1) is 11.9. The van der Waals surface area contributed by atoms with Crippen LogP contribution in [0.5, 0.6) is 11.5 Å². The molecule has 5 heteroatoms. The molecule has 1 unspecified atom stereocenters. The number of carbonyl (C=O) groups excluding carboxylic acids is 2. The van der Waals surface area contributed by atoms with Gasteiger partial charge in [-0.25, -0.2) is 0 Å². The Hall–Kier alpha value is -2.82. The molecule has 2 aromatic rings. The second kappa shape index (κ2) is 8.33. The summed E-state index contributed by atoms with van der Waals surface area (Å²) in [5.74, 6) is 1.15. The predicted octanol–water partition coefficient (Wildman–Crippen LogP) is 3.50. The Balaban J connectivity index is 1.98. The molecule has 132 valence electrons. The van der Waals surface area contributed by atoms with Gasteiger partial charge >= 0.3 is 0 Å². The second-order valence-corrected chi connectivity index (χ2v) is 5.79. The van der Waals surface area contributed by atoms with Gasteiger partial charge in [-0.2, -0.15) is 0 Å². The standard InChI is InChI=1S/C20H23NO4/c1-14(18-7-5-6-8-19(18)24-4)21(3)20(23)13-25-17-11-9-16(10-12-17)15(2)22/h5-12,14H,13H2,1-4H3. The van der Waals surface area contributed by atoms with E-state index in [1.165, 1.54) is 6.92 Å². The Bertz CT molecular complexity index is 740. The first kappa shape index (κ1) is 18.5. The Kier molecular flexibility index (Phi) is 6.17. The topological polar surface area (TPSA) is 55.8 Å². The van der Waals surface area contributed by atoms with Crippen molar-refractivity contribution in [1.29, 1.82) is 0 Å². The van der Waals surface area contributed by atoms with Gasteiger partial charge in [0.25, 0.3) is 5.91 Å². The summed E-state index contributed by atoms with van der Waals surface area (Å²) in [6, 6.07) is 14.2. The number of carbonyl (C=O) groups is 2. The van der Waals surface area contributed by atoms with Crippen LogP contribution in [0.4, 0.5) is 0 Å². The minimum Gasteiger partial charge on any atom is -0.496 e. The van der Waals surface area contributed by atoms with E-state index >= 15 is 0 Å². The zero-order chi connectivity index (χ0) is 18.4. The summed E-state index contributed by atoms with van der Waals surface area (Å²) in [5, 5.41) is 0. The van der Waals surface area contributed by atoms with Crippen LogP contribution >= 0.6 is 0 Å². The lowest BCUT2D eigenvalue weighted by molar-refractivity contribution is -0.134. The second-order valence-electron chi connectivity index (χ2n) is 5.79. The normalized spacial score (nSPS) is 11.5. The molecule has 0 saturated carbocycles. The molecular weight excluding hydrogens is 318 g/mol. The number of para-hydroxylation sites is 1. The first-order valence-corrected chi connectivity index (χ1v) is 8.06. The summed E-state index contributed by atoms with van der Waals surface area (Å²) in [6.45, 7) is 3.38. The number of likely N-dealkylation sites (N-methyl/N-ethyl adjacent to an activating group) is 1. The van der Waals surface area contributed by atoms with Crippen molar-refractivity contribution in [2.75, 3.05) is 20.8 Å². The SMILES string of the molecule is COc1ccccc1C(C)N(C)C(=O)COc1ccc(C(C)=O)cc1. The molecule has 0 fully saturated rings. The predicted molar refractivity (Wildman–Crippen MR) is 96.1 cm³/mol. The van der Waals surface area contributed by atoms with Gasteiger partial charge in [0.1, 0.15) is 11.5 Å². The van der Waals surface area contributed by atoms with E-state index in [2.05, 4.69) is 0 Å². The summed E-state index contributed by atoms with van der Waals surface area (Å²) >= 11 is 0. The molecular formula is C20H23NO4. The third kappa shape index (κ3) is 4.59. The highest BCUT2D eigenvalue weighted by molar-refractivity contribution is 5.94. The molecule has 2 aromatic carbocycles. The molecule has 0 aliphatic heterocycles. The Morgan fingerprint density at radius 1 is 1.08 bits per heavy atom. The molecule has 2 rings (SSSR count). The summed E-state index contributed by atoms with van der Waals surface area (Å²) < 4.78 is 10.9. The van der Waals surface area contributed by atoms with Gasteiger partial charge in [0.15, 0.2) is 12.4 Å². The Morgan fingerprint density at radius 2 is 1.72 bits per heavy atom. The molecule has 0 heterocycles. The number of ether oxygens (including phenoxy) is 2. The highest BCUT2D eigenvalue weighted by Crippen LogP contribution is 2.28. The zero-order valence-electron chi connectivity index (χ0n) is 15.0. The van der Waals surface area contributed by atoms with E-state index in [1.54, 1.807) is 43.3 Å². The number of benzene rings is 2. The fourth-order valence-electron chi connectivity index (χ4n) is 2.47. The van der Waals surface area contributed by atoms with Crippen molar-refractivity contribution < 1.29 is 19.1 Å². The molecule has 0 radical (unpaired) electrons. The molecule has 0 aliphatic carbocycles. The average Bonchev–Trinajstić information content (AvgIpc) is 2.65. The van der Waals surface area contributed by atoms with E-state index in [0.29, 0.717) is 11.3 Å². The molecule has 0 aliphatic rings. The van der Waals surface area contributed by atoms with Crippen molar-refractivity contribution in [3.05, 3.63) is 59.7 Å². The van der Waals surface area contributed by atoms with Crippen LogP contribution < -0.4 is 9.47 Å². The summed E-state index contributed by atoms with van der Waals surface area (Å²) in [4.78, 5) is 25.3. The van der Waals surface area contributed by atoms with E-state index in [0.717, 1.165) is 11.3 Å². The molecule has 5 nitrogen and oxygen atoms in total. The number of hydrogen-bond donors (Lipinski definition) is 0.